The minimum Gasteiger partial charge on any atom is -0.272 e. The molecule has 2 amide bonds. The standard InChI is InChI=1S/C14H14N4O2/c1-10(7-11-5-3-2-4-6-11)8-15-17-13(19)12-9-16-18-14(12)20/h2-9,12H,1H3,(H,17,19)(H,18,20)/b10-7+,15-8-/t12-/m0/s1. The van der Waals surface area contributed by atoms with E-state index in [-0.39, 0.29) is 0 Å². The van der Waals surface area contributed by atoms with Gasteiger partial charge in [-0.1, -0.05) is 36.4 Å². The fourth-order valence-electron chi connectivity index (χ4n) is 1.62. The minimum atomic E-state index is -0.912. The second-order valence-corrected chi connectivity index (χ2v) is 4.27. The van der Waals surface area contributed by atoms with Crippen LogP contribution in [0.2, 0.25) is 0 Å². The maximum absolute atomic E-state index is 11.6. The molecule has 0 saturated carbocycles. The first-order chi connectivity index (χ1) is 9.66. The van der Waals surface area contributed by atoms with E-state index in [2.05, 4.69) is 21.1 Å². The van der Waals surface area contributed by atoms with Crippen LogP contribution in [0.1, 0.15) is 12.5 Å². The molecule has 20 heavy (non-hydrogen) atoms. The van der Waals surface area contributed by atoms with E-state index in [9.17, 15) is 9.59 Å². The number of carbonyl (C=O) groups is 2. The van der Waals surface area contributed by atoms with E-state index in [0.717, 1.165) is 11.1 Å². The number of amides is 2. The van der Waals surface area contributed by atoms with Crippen LogP contribution in [-0.2, 0) is 9.59 Å². The molecule has 0 fully saturated rings. The molecule has 0 radical (unpaired) electrons. The van der Waals surface area contributed by atoms with E-state index in [1.54, 1.807) is 0 Å². The molecule has 0 bridgehead atoms. The van der Waals surface area contributed by atoms with Gasteiger partial charge in [0.15, 0.2) is 5.92 Å². The van der Waals surface area contributed by atoms with Gasteiger partial charge in [-0.05, 0) is 18.1 Å². The molecule has 1 aromatic carbocycles. The van der Waals surface area contributed by atoms with E-state index >= 15 is 0 Å². The second-order valence-electron chi connectivity index (χ2n) is 4.27. The zero-order chi connectivity index (χ0) is 14.4. The lowest BCUT2D eigenvalue weighted by atomic mass is 10.1. The summed E-state index contributed by atoms with van der Waals surface area (Å²) in [4.78, 5) is 22.8. The summed E-state index contributed by atoms with van der Waals surface area (Å²) in [5.41, 5.74) is 6.42. The first-order valence-electron chi connectivity index (χ1n) is 6.06. The number of hydrazone groups is 2. The third kappa shape index (κ3) is 3.61. The van der Waals surface area contributed by atoms with Crippen LogP contribution >= 0.6 is 0 Å². The van der Waals surface area contributed by atoms with Crippen LogP contribution in [0.25, 0.3) is 6.08 Å². The molecule has 1 aromatic rings. The lowest BCUT2D eigenvalue weighted by Gasteiger charge is -2.01. The molecule has 0 aromatic heterocycles. The molecule has 2 N–H and O–H groups in total. The van der Waals surface area contributed by atoms with Crippen LogP contribution in [0.4, 0.5) is 0 Å². The van der Waals surface area contributed by atoms with Crippen molar-refractivity contribution in [3.8, 4) is 0 Å². The van der Waals surface area contributed by atoms with Crippen molar-refractivity contribution in [1.29, 1.82) is 0 Å². The van der Waals surface area contributed by atoms with Gasteiger partial charge in [0.25, 0.3) is 11.8 Å². The highest BCUT2D eigenvalue weighted by atomic mass is 16.2. The fourth-order valence-corrected chi connectivity index (χ4v) is 1.62. The van der Waals surface area contributed by atoms with Gasteiger partial charge in [-0.25, -0.2) is 10.9 Å². The number of allylic oxidation sites excluding steroid dienone is 1. The predicted octanol–water partition coefficient (Wildman–Crippen LogP) is 0.924. The van der Waals surface area contributed by atoms with Gasteiger partial charge in [0.2, 0.25) is 0 Å². The summed E-state index contributed by atoms with van der Waals surface area (Å²) in [5, 5.41) is 7.33. The topological polar surface area (TPSA) is 82.9 Å². The van der Waals surface area contributed by atoms with Gasteiger partial charge in [0.05, 0.1) is 6.21 Å². The number of nitrogens with one attached hydrogen (secondary N) is 2. The average Bonchev–Trinajstić information content (AvgIpc) is 2.86. The number of hydrogen-bond donors (Lipinski definition) is 2. The molecule has 102 valence electrons. The van der Waals surface area contributed by atoms with Crippen LogP contribution in [-0.4, -0.2) is 24.2 Å². The summed E-state index contributed by atoms with van der Waals surface area (Å²) in [6, 6.07) is 9.76. The third-order valence-electron chi connectivity index (χ3n) is 2.60. The Hall–Kier alpha value is -2.76. The highest BCUT2D eigenvalue weighted by molar-refractivity contribution is 6.15. The minimum absolute atomic E-state index is 0.450. The van der Waals surface area contributed by atoms with Crippen molar-refractivity contribution in [2.45, 2.75) is 6.92 Å². The smallest absolute Gasteiger partial charge is 0.258 e. The highest BCUT2D eigenvalue weighted by Crippen LogP contribution is 2.04. The SMILES string of the molecule is CC(/C=N\NC(=O)[C@@H]1C=NNC1=O)=C\c1ccccc1. The van der Waals surface area contributed by atoms with Crippen molar-refractivity contribution < 1.29 is 9.59 Å². The van der Waals surface area contributed by atoms with Gasteiger partial charge in [-0.2, -0.15) is 10.2 Å². The van der Waals surface area contributed by atoms with Gasteiger partial charge in [0.1, 0.15) is 0 Å². The molecule has 1 aliphatic heterocycles. The number of hydrogen-bond acceptors (Lipinski definition) is 4. The van der Waals surface area contributed by atoms with Crippen LogP contribution in [0.3, 0.4) is 0 Å². The Morgan fingerprint density at radius 1 is 1.40 bits per heavy atom. The Morgan fingerprint density at radius 2 is 2.15 bits per heavy atom. The van der Waals surface area contributed by atoms with Crippen molar-refractivity contribution in [3.63, 3.8) is 0 Å². The molecule has 6 heteroatoms. The Balaban J connectivity index is 1.90. The fraction of sp³-hybridized carbons (Fsp3) is 0.143. The van der Waals surface area contributed by atoms with Crippen LogP contribution < -0.4 is 10.9 Å². The van der Waals surface area contributed by atoms with E-state index < -0.39 is 17.7 Å². The Labute approximate surface area is 116 Å². The maximum Gasteiger partial charge on any atom is 0.258 e. The van der Waals surface area contributed by atoms with Crippen LogP contribution in [0.15, 0.2) is 46.1 Å². The predicted molar refractivity (Wildman–Crippen MR) is 76.9 cm³/mol. The summed E-state index contributed by atoms with van der Waals surface area (Å²) >= 11 is 0. The summed E-state index contributed by atoms with van der Waals surface area (Å²) in [7, 11) is 0. The third-order valence-corrected chi connectivity index (χ3v) is 2.60. The van der Waals surface area contributed by atoms with Gasteiger partial charge >= 0.3 is 0 Å². The molecule has 0 unspecified atom stereocenters. The first-order valence-corrected chi connectivity index (χ1v) is 6.06. The van der Waals surface area contributed by atoms with Crippen molar-refractivity contribution in [1.82, 2.24) is 10.9 Å². The average molecular weight is 270 g/mol. The number of nitrogens with zero attached hydrogens (tertiary/aromatic N) is 2. The number of carbonyl (C=O) groups excluding carboxylic acids is 2. The van der Waals surface area contributed by atoms with Crippen LogP contribution in [0.5, 0.6) is 0 Å². The Bertz CT molecular complexity index is 590. The van der Waals surface area contributed by atoms with E-state index in [1.807, 2.05) is 43.3 Å². The lowest BCUT2D eigenvalue weighted by Crippen LogP contribution is -2.34. The van der Waals surface area contributed by atoms with Gasteiger partial charge in [-0.15, -0.1) is 0 Å². The molecule has 1 atom stereocenters. The molecule has 2 rings (SSSR count). The highest BCUT2D eigenvalue weighted by Gasteiger charge is 2.28. The monoisotopic (exact) mass is 270 g/mol. The number of rotatable bonds is 4. The second kappa shape index (κ2) is 6.42. The zero-order valence-electron chi connectivity index (χ0n) is 10.9. The summed E-state index contributed by atoms with van der Waals surface area (Å²) < 4.78 is 0. The quantitative estimate of drug-likeness (QED) is 0.484. The molecule has 1 heterocycles. The van der Waals surface area contributed by atoms with Crippen molar-refractivity contribution in [3.05, 3.63) is 41.5 Å². The lowest BCUT2D eigenvalue weighted by molar-refractivity contribution is -0.131. The van der Waals surface area contributed by atoms with Crippen LogP contribution in [0, 0.1) is 5.92 Å². The van der Waals surface area contributed by atoms with Crippen molar-refractivity contribution in [2.75, 3.05) is 0 Å². The largest absolute Gasteiger partial charge is 0.272 e. The Morgan fingerprint density at radius 3 is 2.80 bits per heavy atom. The maximum atomic E-state index is 11.6. The van der Waals surface area contributed by atoms with E-state index in [0.29, 0.717) is 0 Å². The summed E-state index contributed by atoms with van der Waals surface area (Å²) in [6.45, 7) is 1.87. The molecular weight excluding hydrogens is 256 g/mol. The molecule has 6 nitrogen and oxygen atoms in total. The Kier molecular flexibility index (Phi) is 4.39. The molecule has 1 aliphatic rings. The molecule has 0 aliphatic carbocycles. The van der Waals surface area contributed by atoms with Gasteiger partial charge < -0.3 is 0 Å². The van der Waals surface area contributed by atoms with Gasteiger partial charge in [-0.3, -0.25) is 9.59 Å². The molecular formula is C14H14N4O2. The normalized spacial score (nSPS) is 18.4. The first kappa shape index (κ1) is 13.7. The van der Waals surface area contributed by atoms with Gasteiger partial charge in [0, 0.05) is 6.21 Å². The number of benzene rings is 1. The summed E-state index contributed by atoms with van der Waals surface area (Å²) in [6.07, 6.45) is 4.70. The molecule has 0 spiro atoms. The summed E-state index contributed by atoms with van der Waals surface area (Å²) in [5.74, 6) is -1.87. The molecule has 0 saturated heterocycles. The zero-order valence-corrected chi connectivity index (χ0v) is 10.9. The van der Waals surface area contributed by atoms with E-state index in [4.69, 9.17) is 0 Å². The van der Waals surface area contributed by atoms with E-state index in [1.165, 1.54) is 12.4 Å². The van der Waals surface area contributed by atoms with Crippen molar-refractivity contribution >= 4 is 30.3 Å². The van der Waals surface area contributed by atoms with Crippen molar-refractivity contribution in [2.24, 2.45) is 16.1 Å².